The third-order valence-electron chi connectivity index (χ3n) is 2.78. The van der Waals surface area contributed by atoms with Gasteiger partial charge in [0.15, 0.2) is 5.78 Å². The van der Waals surface area contributed by atoms with Crippen LogP contribution in [0.3, 0.4) is 0 Å². The molecule has 2 rings (SSSR count). The van der Waals surface area contributed by atoms with E-state index in [1.807, 2.05) is 0 Å². The number of benzene rings is 1. The van der Waals surface area contributed by atoms with Crippen molar-refractivity contribution in [2.24, 2.45) is 0 Å². The van der Waals surface area contributed by atoms with E-state index >= 15 is 0 Å². The maximum Gasteiger partial charge on any atom is 0.153 e. The molecule has 0 amide bonds. The monoisotopic (exact) mass is 189 g/mol. The van der Waals surface area contributed by atoms with Gasteiger partial charge in [-0.05, 0) is 25.0 Å². The first kappa shape index (κ1) is 9.25. The second-order valence-corrected chi connectivity index (χ2v) is 3.95. The minimum atomic E-state index is 0.354. The van der Waals surface area contributed by atoms with Crippen LogP contribution in [0.25, 0.3) is 0 Å². The molecule has 1 aromatic carbocycles. The van der Waals surface area contributed by atoms with Gasteiger partial charge in [0.05, 0.1) is 6.54 Å². The summed E-state index contributed by atoms with van der Waals surface area (Å²) in [5.74, 6) is 0.354. The van der Waals surface area contributed by atoms with Gasteiger partial charge in [-0.25, -0.2) is 0 Å². The van der Waals surface area contributed by atoms with Crippen LogP contribution in [0, 0.1) is 13.8 Å². The number of hydrogen-bond acceptors (Lipinski definition) is 2. The zero-order chi connectivity index (χ0) is 10.1. The van der Waals surface area contributed by atoms with Crippen LogP contribution in [0.15, 0.2) is 18.2 Å². The average molecular weight is 189 g/mol. The minimum Gasteiger partial charge on any atom is -0.363 e. The van der Waals surface area contributed by atoms with Crippen LogP contribution in [0.4, 0.5) is 5.69 Å². The molecule has 1 fully saturated rings. The number of aryl methyl sites for hydroxylation is 2. The second kappa shape index (κ2) is 3.45. The maximum absolute atomic E-state index is 11.2. The van der Waals surface area contributed by atoms with E-state index in [0.29, 0.717) is 18.7 Å². The lowest BCUT2D eigenvalue weighted by atomic mass is 10.1. The molecule has 1 heterocycles. The lowest BCUT2D eigenvalue weighted by molar-refractivity contribution is -0.116. The van der Waals surface area contributed by atoms with Crippen LogP contribution < -0.4 is 4.90 Å². The molecule has 0 unspecified atom stereocenters. The smallest absolute Gasteiger partial charge is 0.153 e. The Hall–Kier alpha value is -1.31. The zero-order valence-corrected chi connectivity index (χ0v) is 8.71. The highest BCUT2D eigenvalue weighted by Crippen LogP contribution is 2.26. The van der Waals surface area contributed by atoms with Gasteiger partial charge < -0.3 is 4.90 Å². The van der Waals surface area contributed by atoms with Gasteiger partial charge in [0.1, 0.15) is 0 Å². The summed E-state index contributed by atoms with van der Waals surface area (Å²) in [6.45, 7) is 5.67. The highest BCUT2D eigenvalue weighted by Gasteiger charge is 2.21. The fourth-order valence-corrected chi connectivity index (χ4v) is 2.13. The van der Waals surface area contributed by atoms with Crippen LogP contribution in [-0.4, -0.2) is 18.9 Å². The summed E-state index contributed by atoms with van der Waals surface area (Å²) in [6.07, 6.45) is 0.702. The molecule has 0 aromatic heterocycles. The van der Waals surface area contributed by atoms with Crippen molar-refractivity contribution in [3.63, 3.8) is 0 Å². The fourth-order valence-electron chi connectivity index (χ4n) is 2.13. The Labute approximate surface area is 84.5 Å². The van der Waals surface area contributed by atoms with Gasteiger partial charge in [0.25, 0.3) is 0 Å². The summed E-state index contributed by atoms with van der Waals surface area (Å²) < 4.78 is 0. The molecule has 0 radical (unpaired) electrons. The Morgan fingerprint density at radius 1 is 1.21 bits per heavy atom. The van der Waals surface area contributed by atoms with E-state index in [-0.39, 0.29) is 0 Å². The molecule has 1 aliphatic heterocycles. The van der Waals surface area contributed by atoms with Crippen molar-refractivity contribution in [2.75, 3.05) is 18.0 Å². The predicted molar refractivity (Wildman–Crippen MR) is 57.8 cm³/mol. The third kappa shape index (κ3) is 1.52. The van der Waals surface area contributed by atoms with Gasteiger partial charge in [0.2, 0.25) is 0 Å². The molecule has 1 aliphatic rings. The summed E-state index contributed by atoms with van der Waals surface area (Å²) in [4.78, 5) is 13.4. The Balaban J connectivity index is 2.36. The predicted octanol–water partition coefficient (Wildman–Crippen LogP) is 2.08. The van der Waals surface area contributed by atoms with Crippen molar-refractivity contribution in [3.8, 4) is 0 Å². The first-order chi connectivity index (χ1) is 6.68. The van der Waals surface area contributed by atoms with E-state index in [0.717, 1.165) is 6.54 Å². The van der Waals surface area contributed by atoms with Gasteiger partial charge in [0, 0.05) is 18.7 Å². The van der Waals surface area contributed by atoms with E-state index in [1.54, 1.807) is 0 Å². The number of para-hydroxylation sites is 1. The number of rotatable bonds is 1. The number of hydrogen-bond donors (Lipinski definition) is 0. The molecule has 0 N–H and O–H groups in total. The highest BCUT2D eigenvalue weighted by atomic mass is 16.1. The molecule has 0 aliphatic carbocycles. The Bertz CT molecular complexity index is 350. The number of carbonyl (C=O) groups is 1. The molecule has 74 valence electrons. The van der Waals surface area contributed by atoms with E-state index in [1.165, 1.54) is 16.8 Å². The third-order valence-corrected chi connectivity index (χ3v) is 2.78. The summed E-state index contributed by atoms with van der Waals surface area (Å²) >= 11 is 0. The van der Waals surface area contributed by atoms with Gasteiger partial charge in [-0.15, -0.1) is 0 Å². The molecule has 2 heteroatoms. The van der Waals surface area contributed by atoms with E-state index in [2.05, 4.69) is 36.9 Å². The largest absolute Gasteiger partial charge is 0.363 e. The van der Waals surface area contributed by atoms with Crippen LogP contribution >= 0.6 is 0 Å². The average Bonchev–Trinajstić information content (AvgIpc) is 2.51. The molecule has 0 atom stereocenters. The lowest BCUT2D eigenvalue weighted by Crippen LogP contribution is -2.21. The number of nitrogens with zero attached hydrogens (tertiary/aromatic N) is 1. The lowest BCUT2D eigenvalue weighted by Gasteiger charge is -2.21. The SMILES string of the molecule is Cc1cccc(C)c1N1CCC(=O)C1. The van der Waals surface area contributed by atoms with Crippen molar-refractivity contribution in [1.29, 1.82) is 0 Å². The summed E-state index contributed by atoms with van der Waals surface area (Å²) in [7, 11) is 0. The quantitative estimate of drug-likeness (QED) is 0.674. The van der Waals surface area contributed by atoms with E-state index < -0.39 is 0 Å². The zero-order valence-electron chi connectivity index (χ0n) is 8.71. The van der Waals surface area contributed by atoms with Crippen molar-refractivity contribution < 1.29 is 4.79 Å². The number of anilines is 1. The number of carbonyl (C=O) groups excluding carboxylic acids is 1. The molecular formula is C12H15NO. The first-order valence-corrected chi connectivity index (χ1v) is 5.01. The summed E-state index contributed by atoms with van der Waals surface area (Å²) in [6, 6.07) is 6.27. The van der Waals surface area contributed by atoms with Gasteiger partial charge >= 0.3 is 0 Å². The first-order valence-electron chi connectivity index (χ1n) is 5.01. The Kier molecular flexibility index (Phi) is 2.28. The summed E-state index contributed by atoms with van der Waals surface area (Å²) in [5.41, 5.74) is 3.78. The van der Waals surface area contributed by atoms with Crippen LogP contribution in [-0.2, 0) is 4.79 Å². The molecule has 0 saturated carbocycles. The molecule has 0 spiro atoms. The molecule has 1 saturated heterocycles. The number of Topliss-reactive ketones (excluding diaryl/α,β-unsaturated/α-hetero) is 1. The van der Waals surface area contributed by atoms with Gasteiger partial charge in [-0.3, -0.25) is 4.79 Å². The normalized spacial score (nSPS) is 16.4. The fraction of sp³-hybridized carbons (Fsp3) is 0.417. The van der Waals surface area contributed by atoms with Crippen LogP contribution in [0.5, 0.6) is 0 Å². The standard InChI is InChI=1S/C12H15NO/c1-9-4-3-5-10(2)12(9)13-7-6-11(14)8-13/h3-5H,6-8H2,1-2H3. The topological polar surface area (TPSA) is 20.3 Å². The Morgan fingerprint density at radius 3 is 2.36 bits per heavy atom. The maximum atomic E-state index is 11.2. The molecule has 2 nitrogen and oxygen atoms in total. The van der Waals surface area contributed by atoms with Crippen molar-refractivity contribution in [3.05, 3.63) is 29.3 Å². The molecule has 0 bridgehead atoms. The second-order valence-electron chi connectivity index (χ2n) is 3.95. The van der Waals surface area contributed by atoms with Crippen molar-refractivity contribution in [1.82, 2.24) is 0 Å². The molecular weight excluding hydrogens is 174 g/mol. The van der Waals surface area contributed by atoms with Gasteiger partial charge in [-0.2, -0.15) is 0 Å². The van der Waals surface area contributed by atoms with Crippen molar-refractivity contribution >= 4 is 11.5 Å². The van der Waals surface area contributed by atoms with Gasteiger partial charge in [-0.1, -0.05) is 18.2 Å². The van der Waals surface area contributed by atoms with Crippen LogP contribution in [0.1, 0.15) is 17.5 Å². The highest BCUT2D eigenvalue weighted by molar-refractivity contribution is 5.87. The number of ketones is 1. The van der Waals surface area contributed by atoms with E-state index in [4.69, 9.17) is 0 Å². The summed E-state index contributed by atoms with van der Waals surface area (Å²) in [5, 5.41) is 0. The van der Waals surface area contributed by atoms with Crippen molar-refractivity contribution in [2.45, 2.75) is 20.3 Å². The molecule has 14 heavy (non-hydrogen) atoms. The van der Waals surface area contributed by atoms with Crippen LogP contribution in [0.2, 0.25) is 0 Å². The molecule has 1 aromatic rings. The minimum absolute atomic E-state index is 0.354. The van der Waals surface area contributed by atoms with E-state index in [9.17, 15) is 4.79 Å². The Morgan fingerprint density at radius 2 is 1.86 bits per heavy atom.